The van der Waals surface area contributed by atoms with E-state index in [0.717, 1.165) is 44.0 Å². The number of hydrogen-bond acceptors (Lipinski definition) is 5. The van der Waals surface area contributed by atoms with E-state index in [-0.39, 0.29) is 5.92 Å². The molecule has 1 atom stereocenters. The van der Waals surface area contributed by atoms with E-state index in [1.165, 1.54) is 5.56 Å². The summed E-state index contributed by atoms with van der Waals surface area (Å²) in [6.45, 7) is 4.11. The average molecular weight is 329 g/mol. The van der Waals surface area contributed by atoms with Crippen molar-refractivity contribution in [2.75, 3.05) is 26.3 Å². The summed E-state index contributed by atoms with van der Waals surface area (Å²) in [5.74, 6) is 2.64. The topological polar surface area (TPSA) is 70.6 Å². The molecule has 4 rings (SSSR count). The monoisotopic (exact) mass is 329 g/mol. The molecule has 2 N–H and O–H groups in total. The summed E-state index contributed by atoms with van der Waals surface area (Å²) >= 11 is 0. The van der Waals surface area contributed by atoms with Crippen molar-refractivity contribution < 1.29 is 14.6 Å². The van der Waals surface area contributed by atoms with Crippen LogP contribution in [-0.4, -0.2) is 46.3 Å². The van der Waals surface area contributed by atoms with Gasteiger partial charge in [0.15, 0.2) is 11.5 Å². The Balaban J connectivity index is 1.33. The number of aromatic nitrogens is 2. The molecule has 6 heteroatoms. The van der Waals surface area contributed by atoms with Crippen LogP contribution in [0.4, 0.5) is 0 Å². The highest BCUT2D eigenvalue weighted by atomic mass is 16.6. The Hall–Kier alpha value is -2.05. The Bertz CT molecular complexity index is 666. The lowest BCUT2D eigenvalue weighted by molar-refractivity contribution is 0.0514. The van der Waals surface area contributed by atoms with Crippen molar-refractivity contribution in [1.82, 2.24) is 14.9 Å². The first-order chi connectivity index (χ1) is 11.8. The van der Waals surface area contributed by atoms with Gasteiger partial charge >= 0.3 is 0 Å². The van der Waals surface area contributed by atoms with Crippen LogP contribution in [0.15, 0.2) is 30.6 Å². The molecule has 1 aromatic carbocycles. The second kappa shape index (κ2) is 6.83. The Labute approximate surface area is 141 Å². The van der Waals surface area contributed by atoms with Gasteiger partial charge in [-0.2, -0.15) is 0 Å². The standard InChI is InChI=1S/C18H23N3O3/c22-17(18-19-5-6-20-18)14-3-7-21(8-4-14)12-13-1-2-15-16(11-13)24-10-9-23-15/h1-2,5-6,11,14,17,22H,3-4,7-10,12H2,(H,19,20). The van der Waals surface area contributed by atoms with Crippen molar-refractivity contribution in [3.05, 3.63) is 42.0 Å². The van der Waals surface area contributed by atoms with Gasteiger partial charge in [0.2, 0.25) is 0 Å². The maximum Gasteiger partial charge on any atom is 0.161 e. The zero-order chi connectivity index (χ0) is 16.4. The van der Waals surface area contributed by atoms with E-state index in [4.69, 9.17) is 9.47 Å². The first kappa shape index (κ1) is 15.5. The third-order valence-corrected chi connectivity index (χ3v) is 4.89. The van der Waals surface area contributed by atoms with Gasteiger partial charge in [-0.15, -0.1) is 0 Å². The Morgan fingerprint density at radius 2 is 2.00 bits per heavy atom. The highest BCUT2D eigenvalue weighted by Crippen LogP contribution is 2.33. The van der Waals surface area contributed by atoms with Crippen molar-refractivity contribution in [3.8, 4) is 11.5 Å². The van der Waals surface area contributed by atoms with Crippen molar-refractivity contribution >= 4 is 0 Å². The Morgan fingerprint density at radius 3 is 2.75 bits per heavy atom. The van der Waals surface area contributed by atoms with Crippen LogP contribution in [-0.2, 0) is 6.54 Å². The summed E-state index contributed by atoms with van der Waals surface area (Å²) in [7, 11) is 0. The number of aliphatic hydroxyl groups is 1. The van der Waals surface area contributed by atoms with Crippen LogP contribution in [0.3, 0.4) is 0 Å². The predicted octanol–water partition coefficient (Wildman–Crippen LogP) is 2.13. The molecule has 0 amide bonds. The predicted molar refractivity (Wildman–Crippen MR) is 89.0 cm³/mol. The van der Waals surface area contributed by atoms with Gasteiger partial charge < -0.3 is 19.6 Å². The average Bonchev–Trinajstić information content (AvgIpc) is 3.16. The molecule has 2 aromatic rings. The number of fused-ring (bicyclic) bond motifs is 1. The van der Waals surface area contributed by atoms with Crippen LogP contribution < -0.4 is 9.47 Å². The fraction of sp³-hybridized carbons (Fsp3) is 0.500. The minimum atomic E-state index is -0.489. The first-order valence-corrected chi connectivity index (χ1v) is 8.58. The Kier molecular flexibility index (Phi) is 4.40. The number of nitrogens with one attached hydrogen (secondary N) is 1. The highest BCUT2D eigenvalue weighted by Gasteiger charge is 2.27. The number of piperidine rings is 1. The number of aliphatic hydroxyl groups excluding tert-OH is 1. The van der Waals surface area contributed by atoms with Gasteiger partial charge in [-0.25, -0.2) is 4.98 Å². The molecule has 1 unspecified atom stereocenters. The summed E-state index contributed by atoms with van der Waals surface area (Å²) in [5, 5.41) is 10.4. The number of hydrogen-bond donors (Lipinski definition) is 2. The van der Waals surface area contributed by atoms with Gasteiger partial charge in [0.25, 0.3) is 0 Å². The van der Waals surface area contributed by atoms with E-state index in [1.54, 1.807) is 12.4 Å². The SMILES string of the molecule is OC(c1ncc[nH]1)C1CCN(Cc2ccc3c(c2)OCCO3)CC1. The number of ether oxygens (including phenoxy) is 2. The largest absolute Gasteiger partial charge is 0.486 e. The molecule has 1 fully saturated rings. The zero-order valence-corrected chi connectivity index (χ0v) is 13.6. The third kappa shape index (κ3) is 3.25. The number of rotatable bonds is 4. The van der Waals surface area contributed by atoms with E-state index >= 15 is 0 Å². The second-order valence-electron chi connectivity index (χ2n) is 6.51. The smallest absolute Gasteiger partial charge is 0.161 e. The van der Waals surface area contributed by atoms with Gasteiger partial charge in [0.05, 0.1) is 0 Å². The van der Waals surface area contributed by atoms with Crippen molar-refractivity contribution in [2.45, 2.75) is 25.5 Å². The van der Waals surface area contributed by atoms with E-state index < -0.39 is 6.10 Å². The number of nitrogens with zero attached hydrogens (tertiary/aromatic N) is 2. The fourth-order valence-electron chi connectivity index (χ4n) is 3.53. The van der Waals surface area contributed by atoms with Crippen LogP contribution in [0.1, 0.15) is 30.3 Å². The van der Waals surface area contributed by atoms with Crippen molar-refractivity contribution in [1.29, 1.82) is 0 Å². The van der Waals surface area contributed by atoms with Gasteiger partial charge in [0, 0.05) is 18.9 Å². The van der Waals surface area contributed by atoms with Crippen LogP contribution in [0, 0.1) is 5.92 Å². The molecule has 1 aromatic heterocycles. The molecule has 0 bridgehead atoms. The minimum absolute atomic E-state index is 0.271. The number of benzene rings is 1. The molecule has 24 heavy (non-hydrogen) atoms. The van der Waals surface area contributed by atoms with Gasteiger partial charge in [-0.05, 0) is 49.5 Å². The molecule has 0 radical (unpaired) electrons. The molecule has 3 heterocycles. The lowest BCUT2D eigenvalue weighted by Crippen LogP contribution is -2.35. The summed E-state index contributed by atoms with van der Waals surface area (Å²) in [6, 6.07) is 6.19. The van der Waals surface area contributed by atoms with E-state index in [0.29, 0.717) is 19.0 Å². The van der Waals surface area contributed by atoms with Crippen molar-refractivity contribution in [2.24, 2.45) is 5.92 Å². The molecule has 2 aliphatic heterocycles. The molecular weight excluding hydrogens is 306 g/mol. The maximum absolute atomic E-state index is 10.4. The molecule has 0 spiro atoms. The second-order valence-corrected chi connectivity index (χ2v) is 6.51. The summed E-state index contributed by atoms with van der Waals surface area (Å²) in [5.41, 5.74) is 1.24. The summed E-state index contributed by atoms with van der Waals surface area (Å²) in [4.78, 5) is 9.62. The van der Waals surface area contributed by atoms with Gasteiger partial charge in [0.1, 0.15) is 25.1 Å². The number of aromatic amines is 1. The zero-order valence-electron chi connectivity index (χ0n) is 13.6. The van der Waals surface area contributed by atoms with E-state index in [1.807, 2.05) is 6.07 Å². The van der Waals surface area contributed by atoms with E-state index in [2.05, 4.69) is 27.0 Å². The molecule has 2 aliphatic rings. The number of H-pyrrole nitrogens is 1. The van der Waals surface area contributed by atoms with Crippen LogP contribution in [0.5, 0.6) is 11.5 Å². The molecular formula is C18H23N3O3. The number of imidazole rings is 1. The van der Waals surface area contributed by atoms with Crippen LogP contribution in [0.2, 0.25) is 0 Å². The normalized spacial score (nSPS) is 20.0. The molecule has 0 saturated carbocycles. The van der Waals surface area contributed by atoms with Gasteiger partial charge in [-0.1, -0.05) is 6.07 Å². The summed E-state index contributed by atoms with van der Waals surface area (Å²) in [6.07, 6.45) is 4.92. The molecule has 6 nitrogen and oxygen atoms in total. The van der Waals surface area contributed by atoms with Crippen LogP contribution >= 0.6 is 0 Å². The van der Waals surface area contributed by atoms with Gasteiger partial charge in [-0.3, -0.25) is 4.90 Å². The lowest BCUT2D eigenvalue weighted by atomic mass is 9.90. The minimum Gasteiger partial charge on any atom is -0.486 e. The quantitative estimate of drug-likeness (QED) is 0.899. The maximum atomic E-state index is 10.4. The molecule has 128 valence electrons. The summed E-state index contributed by atoms with van der Waals surface area (Å²) < 4.78 is 11.2. The Morgan fingerprint density at radius 1 is 1.21 bits per heavy atom. The first-order valence-electron chi connectivity index (χ1n) is 8.58. The molecule has 0 aliphatic carbocycles. The van der Waals surface area contributed by atoms with E-state index in [9.17, 15) is 5.11 Å². The lowest BCUT2D eigenvalue weighted by Gasteiger charge is -2.33. The fourth-order valence-corrected chi connectivity index (χ4v) is 3.53. The third-order valence-electron chi connectivity index (χ3n) is 4.89. The van der Waals surface area contributed by atoms with Crippen molar-refractivity contribution in [3.63, 3.8) is 0 Å². The molecule has 1 saturated heterocycles. The number of likely N-dealkylation sites (tertiary alicyclic amines) is 1. The van der Waals surface area contributed by atoms with Crippen LogP contribution in [0.25, 0.3) is 0 Å². The highest BCUT2D eigenvalue weighted by molar-refractivity contribution is 5.43.